The van der Waals surface area contributed by atoms with Gasteiger partial charge in [-0.25, -0.2) is 4.98 Å². The number of aryl methyl sites for hydroxylation is 1. The van der Waals surface area contributed by atoms with Crippen LogP contribution in [0.15, 0.2) is 16.5 Å². The molecule has 0 atom stereocenters. The summed E-state index contributed by atoms with van der Waals surface area (Å²) in [6, 6.07) is 3.38. The van der Waals surface area contributed by atoms with Gasteiger partial charge in [0, 0.05) is 12.3 Å². The van der Waals surface area contributed by atoms with Gasteiger partial charge in [-0.2, -0.15) is 0 Å². The molecule has 0 saturated carbocycles. The van der Waals surface area contributed by atoms with Crippen molar-refractivity contribution in [1.29, 1.82) is 0 Å². The van der Waals surface area contributed by atoms with Crippen LogP contribution in [0.3, 0.4) is 0 Å². The van der Waals surface area contributed by atoms with Crippen molar-refractivity contribution in [1.82, 2.24) is 4.98 Å². The Balaban J connectivity index is 2.63. The van der Waals surface area contributed by atoms with Crippen LogP contribution in [0, 0.1) is 0 Å². The number of halogens is 3. The number of alkyl halides is 1. The summed E-state index contributed by atoms with van der Waals surface area (Å²) in [6.45, 7) is 0. The third-order valence-electron chi connectivity index (χ3n) is 1.80. The molecule has 0 N–H and O–H groups in total. The second-order valence-electron chi connectivity index (χ2n) is 2.75. The van der Waals surface area contributed by atoms with E-state index in [-0.39, 0.29) is 0 Å². The predicted molar refractivity (Wildman–Crippen MR) is 58.5 cm³/mol. The Kier molecular flexibility index (Phi) is 2.86. The molecule has 2 nitrogen and oxygen atoms in total. The molecule has 0 radical (unpaired) electrons. The summed E-state index contributed by atoms with van der Waals surface area (Å²) < 4.78 is 5.41. The third kappa shape index (κ3) is 1.70. The predicted octanol–water partition coefficient (Wildman–Crippen LogP) is 3.92. The first kappa shape index (κ1) is 10.1. The molecule has 2 aromatic rings. The average Bonchev–Trinajstić information content (AvgIpc) is 2.57. The van der Waals surface area contributed by atoms with E-state index in [1.54, 1.807) is 12.1 Å². The average molecular weight is 251 g/mol. The van der Waals surface area contributed by atoms with E-state index in [0.717, 1.165) is 0 Å². The highest BCUT2D eigenvalue weighted by Gasteiger charge is 2.11. The molecule has 14 heavy (non-hydrogen) atoms. The van der Waals surface area contributed by atoms with Crippen LogP contribution in [-0.2, 0) is 6.42 Å². The summed E-state index contributed by atoms with van der Waals surface area (Å²) in [4.78, 5) is 4.20. The minimum Gasteiger partial charge on any atom is -0.439 e. The SMILES string of the molecule is ClCCc1nc2c(Cl)ccc(Cl)c2o1. The van der Waals surface area contributed by atoms with Crippen LogP contribution in [0.4, 0.5) is 0 Å². The first-order valence-corrected chi connectivity index (χ1v) is 5.31. The van der Waals surface area contributed by atoms with Crippen molar-refractivity contribution in [2.45, 2.75) is 6.42 Å². The molecule has 0 bridgehead atoms. The molecule has 1 aromatic carbocycles. The van der Waals surface area contributed by atoms with Crippen LogP contribution in [-0.4, -0.2) is 10.9 Å². The summed E-state index contributed by atoms with van der Waals surface area (Å²) in [7, 11) is 0. The zero-order chi connectivity index (χ0) is 10.1. The van der Waals surface area contributed by atoms with E-state index in [4.69, 9.17) is 39.2 Å². The Morgan fingerprint density at radius 3 is 2.57 bits per heavy atom. The lowest BCUT2D eigenvalue weighted by Gasteiger charge is -1.91. The Bertz CT molecular complexity index is 427. The number of fused-ring (bicyclic) bond motifs is 1. The fraction of sp³-hybridized carbons (Fsp3) is 0.222. The molecule has 74 valence electrons. The van der Waals surface area contributed by atoms with E-state index in [1.807, 2.05) is 0 Å². The summed E-state index contributed by atoms with van der Waals surface area (Å²) in [6.07, 6.45) is 0.572. The Morgan fingerprint density at radius 1 is 1.21 bits per heavy atom. The van der Waals surface area contributed by atoms with Gasteiger partial charge < -0.3 is 4.42 Å². The van der Waals surface area contributed by atoms with Crippen molar-refractivity contribution in [2.75, 3.05) is 5.88 Å². The van der Waals surface area contributed by atoms with Gasteiger partial charge in [-0.3, -0.25) is 0 Å². The van der Waals surface area contributed by atoms with Crippen molar-refractivity contribution in [3.8, 4) is 0 Å². The maximum Gasteiger partial charge on any atom is 0.196 e. The molecule has 0 aliphatic carbocycles. The first-order chi connectivity index (χ1) is 6.72. The van der Waals surface area contributed by atoms with Crippen LogP contribution < -0.4 is 0 Å². The van der Waals surface area contributed by atoms with Gasteiger partial charge in [0.2, 0.25) is 0 Å². The lowest BCUT2D eigenvalue weighted by molar-refractivity contribution is 0.539. The van der Waals surface area contributed by atoms with Crippen molar-refractivity contribution >= 4 is 45.9 Å². The van der Waals surface area contributed by atoms with Crippen LogP contribution in [0.5, 0.6) is 0 Å². The number of benzene rings is 1. The molecule has 5 heteroatoms. The van der Waals surface area contributed by atoms with Gasteiger partial charge in [-0.1, -0.05) is 23.2 Å². The zero-order valence-corrected chi connectivity index (χ0v) is 9.33. The van der Waals surface area contributed by atoms with Crippen LogP contribution in [0.25, 0.3) is 11.1 Å². The fourth-order valence-corrected chi connectivity index (χ4v) is 1.72. The van der Waals surface area contributed by atoms with Crippen molar-refractivity contribution < 1.29 is 4.42 Å². The second-order valence-corrected chi connectivity index (χ2v) is 3.95. The van der Waals surface area contributed by atoms with E-state index >= 15 is 0 Å². The topological polar surface area (TPSA) is 26.0 Å². The lowest BCUT2D eigenvalue weighted by atomic mass is 10.3. The van der Waals surface area contributed by atoms with Gasteiger partial charge >= 0.3 is 0 Å². The van der Waals surface area contributed by atoms with Crippen LogP contribution in [0.2, 0.25) is 10.0 Å². The Labute approximate surface area is 95.8 Å². The van der Waals surface area contributed by atoms with Gasteiger partial charge in [0.05, 0.1) is 10.0 Å². The van der Waals surface area contributed by atoms with Crippen molar-refractivity contribution in [3.05, 3.63) is 28.1 Å². The number of hydrogen-bond donors (Lipinski definition) is 0. The molecule has 0 unspecified atom stereocenters. The second kappa shape index (κ2) is 3.97. The summed E-state index contributed by atoms with van der Waals surface area (Å²) in [5.41, 5.74) is 1.12. The maximum absolute atomic E-state index is 5.93. The fourth-order valence-electron chi connectivity index (χ4n) is 1.18. The highest BCUT2D eigenvalue weighted by atomic mass is 35.5. The Morgan fingerprint density at radius 2 is 1.93 bits per heavy atom. The van der Waals surface area contributed by atoms with Gasteiger partial charge in [-0.05, 0) is 12.1 Å². The largest absolute Gasteiger partial charge is 0.439 e. The molecule has 2 rings (SSSR count). The van der Waals surface area contributed by atoms with Gasteiger partial charge in [0.1, 0.15) is 5.52 Å². The standard InChI is InChI=1S/C9H6Cl3NO/c10-4-3-7-13-8-5(11)1-2-6(12)9(8)14-7/h1-2H,3-4H2. The third-order valence-corrected chi connectivity index (χ3v) is 2.59. The van der Waals surface area contributed by atoms with E-state index in [1.165, 1.54) is 0 Å². The molecule has 0 saturated heterocycles. The lowest BCUT2D eigenvalue weighted by Crippen LogP contribution is -1.83. The number of nitrogens with zero attached hydrogens (tertiary/aromatic N) is 1. The molecule has 0 fully saturated rings. The molecule has 0 aliphatic rings. The van der Waals surface area contributed by atoms with Gasteiger partial charge in [-0.15, -0.1) is 11.6 Å². The molecule has 1 heterocycles. The summed E-state index contributed by atoms with van der Waals surface area (Å²) >= 11 is 17.4. The monoisotopic (exact) mass is 249 g/mol. The molecule has 1 aromatic heterocycles. The number of oxazole rings is 1. The minimum absolute atomic E-state index is 0.460. The van der Waals surface area contributed by atoms with E-state index in [2.05, 4.69) is 4.98 Å². The molecule has 0 amide bonds. The normalized spacial score (nSPS) is 11.1. The summed E-state index contributed by atoms with van der Waals surface area (Å²) in [5, 5.41) is 1.05. The van der Waals surface area contributed by atoms with E-state index in [9.17, 15) is 0 Å². The highest BCUT2D eigenvalue weighted by Crippen LogP contribution is 2.30. The molecular weight excluding hydrogens is 244 g/mol. The van der Waals surface area contributed by atoms with E-state index < -0.39 is 0 Å². The molecular formula is C9H6Cl3NO. The first-order valence-electron chi connectivity index (χ1n) is 4.01. The molecule has 0 aliphatic heterocycles. The van der Waals surface area contributed by atoms with Gasteiger partial charge in [0.25, 0.3) is 0 Å². The van der Waals surface area contributed by atoms with Crippen molar-refractivity contribution in [3.63, 3.8) is 0 Å². The molecule has 0 spiro atoms. The Hall–Kier alpha value is -0.440. The maximum atomic E-state index is 5.93. The zero-order valence-electron chi connectivity index (χ0n) is 7.06. The summed E-state index contributed by atoms with van der Waals surface area (Å²) in [5.74, 6) is 1.02. The highest BCUT2D eigenvalue weighted by molar-refractivity contribution is 6.39. The van der Waals surface area contributed by atoms with Crippen molar-refractivity contribution in [2.24, 2.45) is 0 Å². The smallest absolute Gasteiger partial charge is 0.196 e. The van der Waals surface area contributed by atoms with E-state index in [0.29, 0.717) is 39.3 Å². The van der Waals surface area contributed by atoms with Crippen LogP contribution >= 0.6 is 34.8 Å². The number of rotatable bonds is 2. The quantitative estimate of drug-likeness (QED) is 0.755. The van der Waals surface area contributed by atoms with Gasteiger partial charge in [0.15, 0.2) is 11.5 Å². The number of aromatic nitrogens is 1. The minimum atomic E-state index is 0.460. The number of hydrogen-bond acceptors (Lipinski definition) is 2. The van der Waals surface area contributed by atoms with Crippen LogP contribution in [0.1, 0.15) is 5.89 Å².